The maximum atomic E-state index is 13.3. The standard InChI is InChI=1S/C27H31N5O6/c1-4-6-7-12-22(34)36-14-18-10-8-9-11-19(18)26(35)37-20-13-21(38-27(20,5-2)15-33)32-16-29-23-24(28)30-17(3)31-25(23)32/h2,8-11,16,20-21,33H,4,6-7,12-15H2,1,3H3,(H2,28,30,31)/t20-,21+,27+/m0/s1. The Balaban J connectivity index is 1.52. The summed E-state index contributed by atoms with van der Waals surface area (Å²) in [5, 5.41) is 10.2. The molecule has 4 rings (SSSR count). The number of fused-ring (bicyclic) bond motifs is 1. The number of aliphatic hydroxyl groups excluding tert-OH is 1. The minimum Gasteiger partial charge on any atom is -0.461 e. The molecule has 0 amide bonds. The number of benzene rings is 1. The number of nitrogen functional groups attached to an aromatic ring is 1. The van der Waals surface area contributed by atoms with Crippen molar-refractivity contribution in [1.82, 2.24) is 19.5 Å². The van der Waals surface area contributed by atoms with Crippen LogP contribution in [0.4, 0.5) is 5.82 Å². The first-order chi connectivity index (χ1) is 18.3. The van der Waals surface area contributed by atoms with Gasteiger partial charge in [0.25, 0.3) is 0 Å². The molecule has 0 spiro atoms. The van der Waals surface area contributed by atoms with Gasteiger partial charge in [0.05, 0.1) is 18.5 Å². The number of unbranched alkanes of at least 4 members (excludes halogenated alkanes) is 2. The maximum absolute atomic E-state index is 13.3. The number of rotatable bonds is 10. The third kappa shape index (κ3) is 5.46. The summed E-state index contributed by atoms with van der Waals surface area (Å²) in [6, 6.07) is 6.69. The number of nitrogens with zero attached hydrogens (tertiary/aromatic N) is 4. The van der Waals surface area contributed by atoms with E-state index in [4.69, 9.17) is 26.4 Å². The fourth-order valence-corrected chi connectivity index (χ4v) is 4.42. The maximum Gasteiger partial charge on any atom is 0.338 e. The van der Waals surface area contributed by atoms with Gasteiger partial charge in [0.15, 0.2) is 17.1 Å². The lowest BCUT2D eigenvalue weighted by atomic mass is 9.98. The van der Waals surface area contributed by atoms with Crippen LogP contribution >= 0.6 is 0 Å². The van der Waals surface area contributed by atoms with Gasteiger partial charge < -0.3 is 25.1 Å². The van der Waals surface area contributed by atoms with Crippen LogP contribution < -0.4 is 5.73 Å². The van der Waals surface area contributed by atoms with Crippen molar-refractivity contribution in [2.45, 2.75) is 70.5 Å². The Bertz CT molecular complexity index is 1370. The molecule has 3 heterocycles. The lowest BCUT2D eigenvalue weighted by Crippen LogP contribution is -2.44. The second-order valence-corrected chi connectivity index (χ2v) is 9.15. The summed E-state index contributed by atoms with van der Waals surface area (Å²) in [6.45, 7) is 3.10. The highest BCUT2D eigenvalue weighted by Gasteiger charge is 2.51. The fourth-order valence-electron chi connectivity index (χ4n) is 4.42. The number of terminal acetylenes is 1. The number of aryl methyl sites for hydroxylation is 1. The molecule has 3 N–H and O–H groups in total. The highest BCUT2D eigenvalue weighted by atomic mass is 16.6. The van der Waals surface area contributed by atoms with Crippen LogP contribution in [0.1, 0.15) is 67.0 Å². The summed E-state index contributed by atoms with van der Waals surface area (Å²) in [7, 11) is 0. The van der Waals surface area contributed by atoms with Gasteiger partial charge in [0.1, 0.15) is 30.3 Å². The van der Waals surface area contributed by atoms with E-state index in [0.29, 0.717) is 29.0 Å². The van der Waals surface area contributed by atoms with E-state index in [1.165, 1.54) is 6.33 Å². The molecule has 1 aliphatic rings. The van der Waals surface area contributed by atoms with Gasteiger partial charge in [-0.1, -0.05) is 43.9 Å². The smallest absolute Gasteiger partial charge is 0.338 e. The van der Waals surface area contributed by atoms with Crippen molar-refractivity contribution in [3.63, 3.8) is 0 Å². The zero-order valence-corrected chi connectivity index (χ0v) is 21.4. The average molecular weight is 522 g/mol. The van der Waals surface area contributed by atoms with E-state index < -0.39 is 30.5 Å². The first-order valence-electron chi connectivity index (χ1n) is 12.5. The summed E-state index contributed by atoms with van der Waals surface area (Å²) >= 11 is 0. The van der Waals surface area contributed by atoms with Crippen molar-refractivity contribution in [1.29, 1.82) is 0 Å². The minimum atomic E-state index is -1.59. The molecule has 3 atom stereocenters. The summed E-state index contributed by atoms with van der Waals surface area (Å²) < 4.78 is 18.9. The van der Waals surface area contributed by atoms with Crippen molar-refractivity contribution in [2.24, 2.45) is 0 Å². The van der Waals surface area contributed by atoms with E-state index >= 15 is 0 Å². The molecular formula is C27H31N5O6. The Kier molecular flexibility index (Phi) is 8.24. The zero-order valence-electron chi connectivity index (χ0n) is 21.4. The topological polar surface area (TPSA) is 152 Å². The molecule has 0 saturated carbocycles. The van der Waals surface area contributed by atoms with Crippen molar-refractivity contribution in [3.05, 3.63) is 47.5 Å². The lowest BCUT2D eigenvalue weighted by molar-refractivity contribution is -0.145. The van der Waals surface area contributed by atoms with Gasteiger partial charge in [-0.05, 0) is 19.4 Å². The van der Waals surface area contributed by atoms with Crippen molar-refractivity contribution in [3.8, 4) is 12.3 Å². The molecule has 11 nitrogen and oxygen atoms in total. The Morgan fingerprint density at radius 3 is 2.84 bits per heavy atom. The van der Waals surface area contributed by atoms with E-state index in [1.807, 2.05) is 0 Å². The SMILES string of the molecule is C#C[C@]1(CO)O[C@@H](n2cnc3c(N)nc(C)nc32)C[C@@H]1OC(=O)c1ccccc1COC(=O)CCCCC. The van der Waals surface area contributed by atoms with Gasteiger partial charge in [0, 0.05) is 18.4 Å². The van der Waals surface area contributed by atoms with Gasteiger partial charge in [-0.3, -0.25) is 9.36 Å². The number of carbonyl (C=O) groups is 2. The number of ether oxygens (including phenoxy) is 3. The first-order valence-corrected chi connectivity index (χ1v) is 12.5. The van der Waals surface area contributed by atoms with Crippen LogP contribution in [0.5, 0.6) is 0 Å². The second kappa shape index (κ2) is 11.6. The molecule has 38 heavy (non-hydrogen) atoms. The van der Waals surface area contributed by atoms with Crippen LogP contribution in [-0.2, 0) is 25.6 Å². The monoisotopic (exact) mass is 521 g/mol. The quantitative estimate of drug-likeness (QED) is 0.231. The number of carbonyl (C=O) groups excluding carboxylic acids is 2. The van der Waals surface area contributed by atoms with Gasteiger partial charge in [0.2, 0.25) is 0 Å². The Morgan fingerprint density at radius 1 is 1.32 bits per heavy atom. The van der Waals surface area contributed by atoms with E-state index in [2.05, 4.69) is 27.8 Å². The van der Waals surface area contributed by atoms with Gasteiger partial charge >= 0.3 is 11.9 Å². The van der Waals surface area contributed by atoms with Crippen molar-refractivity contribution in [2.75, 3.05) is 12.3 Å². The highest BCUT2D eigenvalue weighted by molar-refractivity contribution is 5.91. The molecule has 1 aromatic carbocycles. The van der Waals surface area contributed by atoms with Crippen molar-refractivity contribution >= 4 is 28.9 Å². The third-order valence-electron chi connectivity index (χ3n) is 6.49. The highest BCUT2D eigenvalue weighted by Crippen LogP contribution is 2.40. The first kappa shape index (κ1) is 27.0. The Hall–Kier alpha value is -4.01. The summed E-state index contributed by atoms with van der Waals surface area (Å²) in [5.74, 6) is 2.13. The molecule has 1 fully saturated rings. The molecule has 3 aromatic rings. The molecule has 2 aromatic heterocycles. The normalized spacial score (nSPS) is 20.8. The molecule has 0 radical (unpaired) electrons. The molecule has 0 unspecified atom stereocenters. The molecule has 200 valence electrons. The minimum absolute atomic E-state index is 0.0676. The molecule has 0 aliphatic carbocycles. The molecule has 0 bridgehead atoms. The predicted molar refractivity (Wildman–Crippen MR) is 137 cm³/mol. The van der Waals surface area contributed by atoms with E-state index in [1.54, 1.807) is 35.8 Å². The number of anilines is 1. The summed E-state index contributed by atoms with van der Waals surface area (Å²) in [4.78, 5) is 38.1. The number of hydrogen-bond acceptors (Lipinski definition) is 10. The second-order valence-electron chi connectivity index (χ2n) is 9.15. The number of hydrogen-bond donors (Lipinski definition) is 2. The largest absolute Gasteiger partial charge is 0.461 e. The summed E-state index contributed by atoms with van der Waals surface area (Å²) in [5.41, 5.74) is 5.94. The summed E-state index contributed by atoms with van der Waals surface area (Å²) in [6.07, 6.45) is 8.67. The van der Waals surface area contributed by atoms with Crippen LogP contribution in [0.25, 0.3) is 11.2 Å². The van der Waals surface area contributed by atoms with Crippen LogP contribution in [0.15, 0.2) is 30.6 Å². The van der Waals surface area contributed by atoms with E-state index in [-0.39, 0.29) is 30.4 Å². The fraction of sp³-hybridized carbons (Fsp3) is 0.444. The van der Waals surface area contributed by atoms with Crippen LogP contribution in [-0.4, -0.2) is 54.9 Å². The zero-order chi connectivity index (χ0) is 27.3. The number of esters is 2. The number of nitrogens with two attached hydrogens (primary N) is 1. The van der Waals surface area contributed by atoms with Gasteiger partial charge in [-0.25, -0.2) is 19.7 Å². The lowest BCUT2D eigenvalue weighted by Gasteiger charge is -2.27. The molecule has 1 aliphatic heterocycles. The molecule has 11 heteroatoms. The number of aromatic nitrogens is 4. The number of aliphatic hydroxyl groups is 1. The molecular weight excluding hydrogens is 490 g/mol. The van der Waals surface area contributed by atoms with E-state index in [0.717, 1.165) is 19.3 Å². The van der Waals surface area contributed by atoms with Gasteiger partial charge in [-0.2, -0.15) is 0 Å². The predicted octanol–water partition coefficient (Wildman–Crippen LogP) is 2.85. The van der Waals surface area contributed by atoms with Crippen LogP contribution in [0, 0.1) is 19.3 Å². The van der Waals surface area contributed by atoms with Crippen molar-refractivity contribution < 1.29 is 28.9 Å². The molecule has 1 saturated heterocycles. The Morgan fingerprint density at radius 2 is 2.11 bits per heavy atom. The van der Waals surface area contributed by atoms with Gasteiger partial charge in [-0.15, -0.1) is 6.42 Å². The average Bonchev–Trinajstić information content (AvgIpc) is 3.49. The third-order valence-corrected chi connectivity index (χ3v) is 6.49. The van der Waals surface area contributed by atoms with E-state index in [9.17, 15) is 14.7 Å². The van der Waals surface area contributed by atoms with Crippen LogP contribution in [0.3, 0.4) is 0 Å². The number of imidazole rings is 1. The van der Waals surface area contributed by atoms with Crippen LogP contribution in [0.2, 0.25) is 0 Å². The Labute approximate surface area is 220 Å².